The zero-order valence-corrected chi connectivity index (χ0v) is 19.4. The molecule has 8 atom stereocenters. The van der Waals surface area contributed by atoms with Gasteiger partial charge in [0.1, 0.15) is 0 Å². The minimum Gasteiger partial charge on any atom is -0.393 e. The van der Waals surface area contributed by atoms with Crippen molar-refractivity contribution in [3.8, 4) is 0 Å². The van der Waals surface area contributed by atoms with Gasteiger partial charge in [0.25, 0.3) is 0 Å². The molecular formula is C28H42O2. The monoisotopic (exact) mass is 410 g/mol. The van der Waals surface area contributed by atoms with Gasteiger partial charge in [0.2, 0.25) is 0 Å². The Balaban J connectivity index is 1.35. The van der Waals surface area contributed by atoms with Crippen molar-refractivity contribution < 1.29 is 10.2 Å². The van der Waals surface area contributed by atoms with E-state index in [9.17, 15) is 10.2 Å². The lowest BCUT2D eigenvalue weighted by Crippen LogP contribution is -2.53. The second-order valence-electron chi connectivity index (χ2n) is 12.1. The van der Waals surface area contributed by atoms with Crippen LogP contribution in [-0.4, -0.2) is 21.9 Å². The second-order valence-corrected chi connectivity index (χ2v) is 12.1. The fourth-order valence-electron chi connectivity index (χ4n) is 8.93. The van der Waals surface area contributed by atoms with Crippen LogP contribution in [0.15, 0.2) is 35.5 Å². The molecule has 0 aromatic carbocycles. The van der Waals surface area contributed by atoms with Gasteiger partial charge in [0.15, 0.2) is 0 Å². The van der Waals surface area contributed by atoms with Gasteiger partial charge < -0.3 is 10.2 Å². The van der Waals surface area contributed by atoms with Crippen molar-refractivity contribution in [1.29, 1.82) is 0 Å². The highest BCUT2D eigenvalue weighted by Crippen LogP contribution is 2.67. The van der Waals surface area contributed by atoms with E-state index < -0.39 is 5.60 Å². The van der Waals surface area contributed by atoms with Crippen LogP contribution in [0.5, 0.6) is 0 Å². The number of aliphatic hydroxyl groups is 2. The summed E-state index contributed by atoms with van der Waals surface area (Å²) in [6.07, 6.45) is 21.4. The summed E-state index contributed by atoms with van der Waals surface area (Å²) in [5.74, 6) is 2.73. The largest absolute Gasteiger partial charge is 0.393 e. The zero-order chi connectivity index (χ0) is 21.1. The van der Waals surface area contributed by atoms with E-state index in [-0.39, 0.29) is 11.5 Å². The van der Waals surface area contributed by atoms with Crippen LogP contribution in [0, 0.1) is 34.5 Å². The number of aliphatic hydroxyl groups excluding tert-OH is 1. The van der Waals surface area contributed by atoms with Gasteiger partial charge in [0, 0.05) is 0 Å². The first kappa shape index (κ1) is 21.0. The summed E-state index contributed by atoms with van der Waals surface area (Å²) in [7, 11) is 0. The number of rotatable bonds is 4. The Morgan fingerprint density at radius 1 is 1.10 bits per heavy atom. The Morgan fingerprint density at radius 2 is 1.93 bits per heavy atom. The molecule has 5 rings (SSSR count). The number of fused-ring (bicyclic) bond motifs is 5. The summed E-state index contributed by atoms with van der Waals surface area (Å²) in [5.41, 5.74) is 3.07. The molecule has 5 aliphatic rings. The number of hydrogen-bond donors (Lipinski definition) is 2. The van der Waals surface area contributed by atoms with Crippen LogP contribution in [0.2, 0.25) is 0 Å². The lowest BCUT2D eigenvalue weighted by Gasteiger charge is -2.59. The van der Waals surface area contributed by atoms with Crippen molar-refractivity contribution in [2.45, 2.75) is 103 Å². The molecule has 0 heterocycles. The van der Waals surface area contributed by atoms with Gasteiger partial charge in [-0.2, -0.15) is 0 Å². The molecule has 0 amide bonds. The molecular weight excluding hydrogens is 368 g/mol. The van der Waals surface area contributed by atoms with Gasteiger partial charge in [-0.15, -0.1) is 0 Å². The third kappa shape index (κ3) is 3.20. The van der Waals surface area contributed by atoms with Crippen LogP contribution in [0.25, 0.3) is 0 Å². The maximum absolute atomic E-state index is 11.7. The molecule has 0 bridgehead atoms. The maximum atomic E-state index is 11.7. The highest BCUT2D eigenvalue weighted by atomic mass is 16.3. The van der Waals surface area contributed by atoms with Gasteiger partial charge >= 0.3 is 0 Å². The molecule has 0 radical (unpaired) electrons. The van der Waals surface area contributed by atoms with E-state index >= 15 is 0 Å². The van der Waals surface area contributed by atoms with Crippen molar-refractivity contribution in [2.24, 2.45) is 34.5 Å². The zero-order valence-electron chi connectivity index (χ0n) is 19.4. The summed E-state index contributed by atoms with van der Waals surface area (Å²) in [4.78, 5) is 0. The highest BCUT2D eigenvalue weighted by Gasteiger charge is 2.61. The minimum absolute atomic E-state index is 0.120. The van der Waals surface area contributed by atoms with Gasteiger partial charge in [-0.3, -0.25) is 0 Å². The summed E-state index contributed by atoms with van der Waals surface area (Å²) < 4.78 is 0. The third-order valence-electron chi connectivity index (χ3n) is 10.6. The first-order chi connectivity index (χ1) is 14.2. The maximum Gasteiger partial charge on any atom is 0.0656 e. The van der Waals surface area contributed by atoms with Crippen LogP contribution in [0.1, 0.15) is 91.4 Å². The summed E-state index contributed by atoms with van der Waals surface area (Å²) in [6, 6.07) is 0. The van der Waals surface area contributed by atoms with Gasteiger partial charge in [0.05, 0.1) is 11.7 Å². The Hall–Kier alpha value is -0.860. The highest BCUT2D eigenvalue weighted by molar-refractivity contribution is 5.26. The second kappa shape index (κ2) is 7.34. The average Bonchev–Trinajstić information content (AvgIpc) is 3.34. The fraction of sp³-hybridized carbons (Fsp3) is 0.786. The molecule has 166 valence electrons. The van der Waals surface area contributed by atoms with E-state index in [4.69, 9.17) is 0 Å². The molecule has 2 heteroatoms. The predicted octanol–water partition coefficient (Wildman–Crippen LogP) is 6.34. The quantitative estimate of drug-likeness (QED) is 0.531. The molecule has 30 heavy (non-hydrogen) atoms. The molecule has 2 N–H and O–H groups in total. The van der Waals surface area contributed by atoms with E-state index in [0.29, 0.717) is 11.3 Å². The molecule has 0 aliphatic heterocycles. The molecule has 3 saturated carbocycles. The van der Waals surface area contributed by atoms with Crippen LogP contribution >= 0.6 is 0 Å². The molecule has 0 aromatic rings. The Kier molecular flexibility index (Phi) is 5.14. The van der Waals surface area contributed by atoms with Gasteiger partial charge in [-0.25, -0.2) is 0 Å². The van der Waals surface area contributed by atoms with E-state index in [0.717, 1.165) is 56.3 Å². The standard InChI is InChI=1S/C28H42O2/c1-26-15-13-21(29)18-20(26)8-9-22-23-10-11-25(27(23,2)16-14-24(22)26)28(3,30)17-12-19-6-4-5-7-19/h4-6,8,21-25,29-30H,7,9-18H2,1-3H3/t21-,22-,23-,24-,25-,26-,27-,28+/m0/s1. The van der Waals surface area contributed by atoms with E-state index in [1.807, 2.05) is 0 Å². The Labute approximate surface area is 183 Å². The van der Waals surface area contributed by atoms with E-state index in [1.165, 1.54) is 37.7 Å². The van der Waals surface area contributed by atoms with Crippen molar-refractivity contribution in [1.82, 2.24) is 0 Å². The normalized spacial score (nSPS) is 47.0. The summed E-state index contributed by atoms with van der Waals surface area (Å²) >= 11 is 0. The first-order valence-electron chi connectivity index (χ1n) is 12.7. The SMILES string of the molecule is C[C@]12CC[C@H]3[C@@H](CC=C4C[C@@H](O)CC[C@@]43C)[C@@H]1CC[C@@H]2[C@](C)(O)CCC1=CC=CC1. The Bertz CT molecular complexity index is 774. The van der Waals surface area contributed by atoms with Gasteiger partial charge in [-0.1, -0.05) is 49.3 Å². The first-order valence-corrected chi connectivity index (χ1v) is 12.7. The number of allylic oxidation sites excluding steroid dienone is 5. The van der Waals surface area contributed by atoms with Crippen LogP contribution in [0.3, 0.4) is 0 Å². The minimum atomic E-state index is -0.561. The predicted molar refractivity (Wildman–Crippen MR) is 123 cm³/mol. The fourth-order valence-corrected chi connectivity index (χ4v) is 8.93. The van der Waals surface area contributed by atoms with Crippen LogP contribution in [0.4, 0.5) is 0 Å². The lowest BCUT2D eigenvalue weighted by molar-refractivity contribution is -0.104. The van der Waals surface area contributed by atoms with Gasteiger partial charge in [-0.05, 0) is 112 Å². The molecule has 2 nitrogen and oxygen atoms in total. The average molecular weight is 411 g/mol. The summed E-state index contributed by atoms with van der Waals surface area (Å²) in [5, 5.41) is 21.9. The Morgan fingerprint density at radius 3 is 2.70 bits per heavy atom. The molecule has 0 spiro atoms. The summed E-state index contributed by atoms with van der Waals surface area (Å²) in [6.45, 7) is 7.18. The van der Waals surface area contributed by atoms with E-state index in [1.54, 1.807) is 5.57 Å². The van der Waals surface area contributed by atoms with Crippen molar-refractivity contribution >= 4 is 0 Å². The van der Waals surface area contributed by atoms with Crippen LogP contribution in [-0.2, 0) is 0 Å². The van der Waals surface area contributed by atoms with Crippen molar-refractivity contribution in [2.75, 3.05) is 0 Å². The molecule has 0 saturated heterocycles. The van der Waals surface area contributed by atoms with Crippen molar-refractivity contribution in [3.63, 3.8) is 0 Å². The van der Waals surface area contributed by atoms with Crippen molar-refractivity contribution in [3.05, 3.63) is 35.5 Å². The van der Waals surface area contributed by atoms with Crippen LogP contribution < -0.4 is 0 Å². The smallest absolute Gasteiger partial charge is 0.0656 e. The molecule has 0 unspecified atom stereocenters. The molecule has 5 aliphatic carbocycles. The number of hydrogen-bond acceptors (Lipinski definition) is 2. The molecule has 0 aromatic heterocycles. The topological polar surface area (TPSA) is 40.5 Å². The third-order valence-corrected chi connectivity index (χ3v) is 10.6. The molecule has 3 fully saturated rings. The van der Waals surface area contributed by atoms with E-state index in [2.05, 4.69) is 45.1 Å². The lowest BCUT2D eigenvalue weighted by atomic mass is 9.46.